The lowest BCUT2D eigenvalue weighted by Crippen LogP contribution is -2.28. The summed E-state index contributed by atoms with van der Waals surface area (Å²) in [6.45, 7) is 1.76. The van der Waals surface area contributed by atoms with Crippen molar-refractivity contribution in [2.45, 2.75) is 12.2 Å². The number of hydrogen-bond acceptors (Lipinski definition) is 3. The summed E-state index contributed by atoms with van der Waals surface area (Å²) >= 11 is 5.15. The van der Waals surface area contributed by atoms with Crippen molar-refractivity contribution < 1.29 is 4.79 Å². The van der Waals surface area contributed by atoms with E-state index < -0.39 is 0 Å². The third kappa shape index (κ3) is 7.60. The summed E-state index contributed by atoms with van der Waals surface area (Å²) in [6, 6.07) is 8.11. The van der Waals surface area contributed by atoms with E-state index in [0.717, 1.165) is 29.7 Å². The maximum Gasteiger partial charge on any atom is 0.230 e. The molecule has 1 N–H and O–H groups in total. The third-order valence-electron chi connectivity index (χ3n) is 2.55. The van der Waals surface area contributed by atoms with E-state index in [0.29, 0.717) is 5.75 Å². The summed E-state index contributed by atoms with van der Waals surface area (Å²) < 4.78 is 1.11. The lowest BCUT2D eigenvalue weighted by Gasteiger charge is -2.10. The van der Waals surface area contributed by atoms with Crippen LogP contribution in [0.3, 0.4) is 0 Å². The van der Waals surface area contributed by atoms with Gasteiger partial charge in [-0.05, 0) is 38.7 Å². The van der Waals surface area contributed by atoms with Crippen molar-refractivity contribution in [1.29, 1.82) is 0 Å². The van der Waals surface area contributed by atoms with Crippen LogP contribution in [0, 0.1) is 0 Å². The van der Waals surface area contributed by atoms with Crippen LogP contribution >= 0.6 is 27.7 Å². The second kappa shape index (κ2) is 9.39. The molecule has 1 amide bonds. The molecule has 5 heteroatoms. The minimum atomic E-state index is 0.121. The molecule has 106 valence electrons. The molecule has 0 spiro atoms. The van der Waals surface area contributed by atoms with Crippen LogP contribution in [0.2, 0.25) is 0 Å². The third-order valence-corrected chi connectivity index (χ3v) is 4.31. The zero-order chi connectivity index (χ0) is 14.1. The molecule has 0 unspecified atom stereocenters. The maximum absolute atomic E-state index is 11.6. The molecule has 0 saturated carbocycles. The van der Waals surface area contributed by atoms with E-state index in [1.165, 1.54) is 5.56 Å². The summed E-state index contributed by atoms with van der Waals surface area (Å²) in [4.78, 5) is 13.7. The summed E-state index contributed by atoms with van der Waals surface area (Å²) in [5, 5.41) is 2.94. The molecule has 0 saturated heterocycles. The summed E-state index contributed by atoms with van der Waals surface area (Å²) in [5.74, 6) is 1.49. The largest absolute Gasteiger partial charge is 0.355 e. The number of benzene rings is 1. The van der Waals surface area contributed by atoms with Gasteiger partial charge in [0, 0.05) is 16.8 Å². The van der Waals surface area contributed by atoms with Crippen molar-refractivity contribution in [3.8, 4) is 0 Å². The van der Waals surface area contributed by atoms with Gasteiger partial charge in [-0.3, -0.25) is 4.79 Å². The van der Waals surface area contributed by atoms with Gasteiger partial charge < -0.3 is 10.2 Å². The van der Waals surface area contributed by atoms with Gasteiger partial charge in [0.2, 0.25) is 5.91 Å². The van der Waals surface area contributed by atoms with Gasteiger partial charge in [-0.25, -0.2) is 0 Å². The topological polar surface area (TPSA) is 32.3 Å². The van der Waals surface area contributed by atoms with Crippen molar-refractivity contribution in [3.05, 3.63) is 34.3 Å². The smallest absolute Gasteiger partial charge is 0.230 e. The van der Waals surface area contributed by atoms with Crippen LogP contribution in [0.5, 0.6) is 0 Å². The first-order chi connectivity index (χ1) is 9.09. The Morgan fingerprint density at radius 3 is 2.79 bits per heavy atom. The Morgan fingerprint density at radius 1 is 1.37 bits per heavy atom. The predicted molar refractivity (Wildman–Crippen MR) is 86.5 cm³/mol. The first kappa shape index (κ1) is 16.5. The molecular weight excluding hydrogens is 324 g/mol. The Labute approximate surface area is 128 Å². The lowest BCUT2D eigenvalue weighted by atomic mass is 10.2. The molecule has 0 radical (unpaired) electrons. The number of nitrogens with zero attached hydrogens (tertiary/aromatic N) is 1. The van der Waals surface area contributed by atoms with Gasteiger partial charge >= 0.3 is 0 Å². The fourth-order valence-electron chi connectivity index (χ4n) is 1.54. The summed E-state index contributed by atoms with van der Waals surface area (Å²) in [7, 11) is 4.07. The molecule has 1 aromatic rings. The van der Waals surface area contributed by atoms with E-state index in [4.69, 9.17) is 0 Å². The van der Waals surface area contributed by atoms with Gasteiger partial charge in [0.1, 0.15) is 0 Å². The number of halogens is 1. The maximum atomic E-state index is 11.6. The highest BCUT2D eigenvalue weighted by Crippen LogP contribution is 2.20. The fraction of sp³-hybridized carbons (Fsp3) is 0.500. The van der Waals surface area contributed by atoms with Gasteiger partial charge in [-0.15, -0.1) is 11.8 Å². The molecule has 19 heavy (non-hydrogen) atoms. The molecule has 0 heterocycles. The Morgan fingerprint density at radius 2 is 2.11 bits per heavy atom. The lowest BCUT2D eigenvalue weighted by molar-refractivity contribution is -0.118. The molecule has 0 atom stereocenters. The number of carbonyl (C=O) groups is 1. The van der Waals surface area contributed by atoms with Crippen LogP contribution in [-0.4, -0.2) is 43.7 Å². The normalized spacial score (nSPS) is 10.7. The molecule has 0 aliphatic heterocycles. The van der Waals surface area contributed by atoms with E-state index in [1.807, 2.05) is 32.3 Å². The van der Waals surface area contributed by atoms with E-state index in [1.54, 1.807) is 11.8 Å². The highest BCUT2D eigenvalue weighted by molar-refractivity contribution is 9.10. The van der Waals surface area contributed by atoms with Crippen molar-refractivity contribution in [2.24, 2.45) is 0 Å². The highest BCUT2D eigenvalue weighted by Gasteiger charge is 2.03. The average molecular weight is 345 g/mol. The van der Waals surface area contributed by atoms with Crippen LogP contribution in [0.15, 0.2) is 28.7 Å². The van der Waals surface area contributed by atoms with Crippen molar-refractivity contribution in [1.82, 2.24) is 10.2 Å². The number of hydrogen-bond donors (Lipinski definition) is 1. The molecule has 1 rings (SSSR count). The van der Waals surface area contributed by atoms with Gasteiger partial charge in [-0.2, -0.15) is 0 Å². The van der Waals surface area contributed by atoms with E-state index in [9.17, 15) is 4.79 Å². The van der Waals surface area contributed by atoms with Gasteiger partial charge in [0.25, 0.3) is 0 Å². The second-order valence-corrected chi connectivity index (χ2v) is 6.43. The molecule has 0 aliphatic rings. The van der Waals surface area contributed by atoms with Crippen LogP contribution in [-0.2, 0) is 10.5 Å². The fourth-order valence-corrected chi connectivity index (χ4v) is 3.01. The second-order valence-electron chi connectivity index (χ2n) is 4.59. The first-order valence-corrected chi connectivity index (χ1v) is 8.27. The Hall–Kier alpha value is -0.520. The Kier molecular flexibility index (Phi) is 8.18. The quantitative estimate of drug-likeness (QED) is 0.736. The summed E-state index contributed by atoms with van der Waals surface area (Å²) in [6.07, 6.45) is 0.994. The molecule has 0 fully saturated rings. The minimum absolute atomic E-state index is 0.121. The van der Waals surface area contributed by atoms with E-state index in [-0.39, 0.29) is 5.91 Å². The minimum Gasteiger partial charge on any atom is -0.355 e. The van der Waals surface area contributed by atoms with Crippen molar-refractivity contribution in [2.75, 3.05) is 32.9 Å². The van der Waals surface area contributed by atoms with Crippen LogP contribution < -0.4 is 5.32 Å². The van der Waals surface area contributed by atoms with Crippen molar-refractivity contribution >= 4 is 33.6 Å². The molecule has 0 aliphatic carbocycles. The van der Waals surface area contributed by atoms with Crippen LogP contribution in [0.4, 0.5) is 0 Å². The molecule has 0 aromatic heterocycles. The average Bonchev–Trinajstić information content (AvgIpc) is 2.37. The SMILES string of the molecule is CN(C)CCCNC(=O)CSCc1ccccc1Br. The standard InChI is InChI=1S/C14H21BrN2OS/c1-17(2)9-5-8-16-14(18)11-19-10-12-6-3-4-7-13(12)15/h3-4,6-7H,5,8-11H2,1-2H3,(H,16,18). The number of thioether (sulfide) groups is 1. The van der Waals surface area contributed by atoms with Gasteiger partial charge in [0.05, 0.1) is 5.75 Å². The zero-order valence-electron chi connectivity index (χ0n) is 11.5. The van der Waals surface area contributed by atoms with Crippen molar-refractivity contribution in [3.63, 3.8) is 0 Å². The van der Waals surface area contributed by atoms with E-state index >= 15 is 0 Å². The molecular formula is C14H21BrN2OS. The number of amides is 1. The van der Waals surface area contributed by atoms with Gasteiger partial charge in [0.15, 0.2) is 0 Å². The Bertz CT molecular complexity index is 399. The zero-order valence-corrected chi connectivity index (χ0v) is 13.9. The number of nitrogens with one attached hydrogen (secondary N) is 1. The summed E-state index contributed by atoms with van der Waals surface area (Å²) in [5.41, 5.74) is 1.23. The molecule has 0 bridgehead atoms. The predicted octanol–water partition coefficient (Wildman–Crippen LogP) is 2.75. The molecule has 3 nitrogen and oxygen atoms in total. The Balaban J connectivity index is 2.12. The van der Waals surface area contributed by atoms with Crippen LogP contribution in [0.25, 0.3) is 0 Å². The highest BCUT2D eigenvalue weighted by atomic mass is 79.9. The number of rotatable bonds is 8. The number of carbonyl (C=O) groups excluding carboxylic acids is 1. The van der Waals surface area contributed by atoms with Gasteiger partial charge in [-0.1, -0.05) is 34.1 Å². The molecule has 1 aromatic carbocycles. The van der Waals surface area contributed by atoms with Crippen LogP contribution in [0.1, 0.15) is 12.0 Å². The first-order valence-electron chi connectivity index (χ1n) is 6.32. The van der Waals surface area contributed by atoms with E-state index in [2.05, 4.69) is 32.2 Å². The monoisotopic (exact) mass is 344 g/mol.